The lowest BCUT2D eigenvalue weighted by Crippen LogP contribution is -2.40. The van der Waals surface area contributed by atoms with Crippen molar-refractivity contribution in [3.63, 3.8) is 0 Å². The lowest BCUT2D eigenvalue weighted by molar-refractivity contribution is -0.123. The third-order valence-electron chi connectivity index (χ3n) is 2.87. The van der Waals surface area contributed by atoms with Gasteiger partial charge in [0.2, 0.25) is 5.91 Å². The van der Waals surface area contributed by atoms with Gasteiger partial charge >= 0.3 is 0 Å². The van der Waals surface area contributed by atoms with Crippen LogP contribution in [0.4, 0.5) is 5.82 Å². The minimum atomic E-state index is -0.0283. The number of ether oxygens (including phenoxy) is 1. The number of nitrogens with one attached hydrogen (secondary N) is 1. The second kappa shape index (κ2) is 5.18. The molecule has 1 aromatic rings. The Kier molecular flexibility index (Phi) is 3.63. The van der Waals surface area contributed by atoms with Gasteiger partial charge in [-0.1, -0.05) is 0 Å². The van der Waals surface area contributed by atoms with Crippen LogP contribution in [0, 0.1) is 6.92 Å². The summed E-state index contributed by atoms with van der Waals surface area (Å²) in [7, 11) is 0. The highest BCUT2D eigenvalue weighted by Gasteiger charge is 2.16. The second-order valence-electron chi connectivity index (χ2n) is 4.35. The third-order valence-corrected chi connectivity index (χ3v) is 2.87. The van der Waals surface area contributed by atoms with Crippen molar-refractivity contribution in [2.24, 2.45) is 0 Å². The van der Waals surface area contributed by atoms with Crippen LogP contribution in [0.1, 0.15) is 18.4 Å². The number of hydrogen-bond acceptors (Lipinski definition) is 4. The van der Waals surface area contributed by atoms with Crippen LogP contribution in [0.2, 0.25) is 0 Å². The fourth-order valence-electron chi connectivity index (χ4n) is 1.88. The molecule has 2 rings (SSSR count). The van der Waals surface area contributed by atoms with E-state index in [1.165, 1.54) is 0 Å². The van der Waals surface area contributed by atoms with Gasteiger partial charge in [0.25, 0.3) is 0 Å². The van der Waals surface area contributed by atoms with Gasteiger partial charge in [0.15, 0.2) is 0 Å². The SMILES string of the molecule is Cc1cn(CC(=O)NC2CCOCC2)nc1N. The van der Waals surface area contributed by atoms with Gasteiger partial charge in [-0.15, -0.1) is 0 Å². The van der Waals surface area contributed by atoms with Crippen LogP contribution in [0.5, 0.6) is 0 Å². The van der Waals surface area contributed by atoms with E-state index in [0.717, 1.165) is 31.6 Å². The molecule has 6 heteroatoms. The van der Waals surface area contributed by atoms with Gasteiger partial charge in [-0.25, -0.2) is 0 Å². The molecule has 2 heterocycles. The average molecular weight is 238 g/mol. The van der Waals surface area contributed by atoms with Crippen molar-refractivity contribution < 1.29 is 9.53 Å². The van der Waals surface area contributed by atoms with E-state index >= 15 is 0 Å². The van der Waals surface area contributed by atoms with Crippen molar-refractivity contribution in [2.45, 2.75) is 32.4 Å². The van der Waals surface area contributed by atoms with E-state index in [0.29, 0.717) is 5.82 Å². The quantitative estimate of drug-likeness (QED) is 0.780. The van der Waals surface area contributed by atoms with Crippen LogP contribution in [-0.4, -0.2) is 34.9 Å². The number of nitrogens with two attached hydrogens (primary N) is 1. The molecule has 1 fully saturated rings. The molecule has 6 nitrogen and oxygen atoms in total. The summed E-state index contributed by atoms with van der Waals surface area (Å²) in [5.74, 6) is 0.447. The van der Waals surface area contributed by atoms with Gasteiger partial charge in [0, 0.05) is 31.0 Å². The number of nitrogen functional groups attached to an aromatic ring is 1. The number of carbonyl (C=O) groups excluding carboxylic acids is 1. The molecular weight excluding hydrogens is 220 g/mol. The predicted molar refractivity (Wildman–Crippen MR) is 63.4 cm³/mol. The highest BCUT2D eigenvalue weighted by molar-refractivity contribution is 5.76. The second-order valence-corrected chi connectivity index (χ2v) is 4.35. The highest BCUT2D eigenvalue weighted by Crippen LogP contribution is 2.07. The zero-order valence-electron chi connectivity index (χ0n) is 9.98. The zero-order valence-corrected chi connectivity index (χ0v) is 9.98. The lowest BCUT2D eigenvalue weighted by atomic mass is 10.1. The molecule has 0 spiro atoms. The Labute approximate surface area is 100 Å². The minimum Gasteiger partial charge on any atom is -0.382 e. The Balaban J connectivity index is 1.84. The van der Waals surface area contributed by atoms with Crippen LogP contribution in [-0.2, 0) is 16.1 Å². The number of rotatable bonds is 3. The molecule has 1 saturated heterocycles. The number of anilines is 1. The first kappa shape index (κ1) is 11.9. The number of nitrogens with zero attached hydrogens (tertiary/aromatic N) is 2. The van der Waals surface area contributed by atoms with E-state index in [-0.39, 0.29) is 18.5 Å². The van der Waals surface area contributed by atoms with Gasteiger partial charge in [0.1, 0.15) is 12.4 Å². The van der Waals surface area contributed by atoms with Gasteiger partial charge < -0.3 is 15.8 Å². The maximum absolute atomic E-state index is 11.7. The fourth-order valence-corrected chi connectivity index (χ4v) is 1.88. The molecule has 3 N–H and O–H groups in total. The summed E-state index contributed by atoms with van der Waals surface area (Å²) in [6.45, 7) is 3.53. The molecule has 0 bridgehead atoms. The first-order valence-electron chi connectivity index (χ1n) is 5.82. The summed E-state index contributed by atoms with van der Waals surface area (Å²) in [5, 5.41) is 7.03. The fraction of sp³-hybridized carbons (Fsp3) is 0.636. The first-order valence-corrected chi connectivity index (χ1v) is 5.82. The molecule has 94 valence electrons. The summed E-state index contributed by atoms with van der Waals surface area (Å²) in [6, 6.07) is 0.227. The number of hydrogen-bond donors (Lipinski definition) is 2. The highest BCUT2D eigenvalue weighted by atomic mass is 16.5. The van der Waals surface area contributed by atoms with E-state index < -0.39 is 0 Å². The molecular formula is C11H18N4O2. The number of aromatic nitrogens is 2. The van der Waals surface area contributed by atoms with Crippen molar-refractivity contribution >= 4 is 11.7 Å². The van der Waals surface area contributed by atoms with Crippen LogP contribution >= 0.6 is 0 Å². The van der Waals surface area contributed by atoms with E-state index in [9.17, 15) is 4.79 Å². The topological polar surface area (TPSA) is 82.2 Å². The summed E-state index contributed by atoms with van der Waals surface area (Å²) >= 11 is 0. The monoisotopic (exact) mass is 238 g/mol. The molecule has 17 heavy (non-hydrogen) atoms. The predicted octanol–water partition coefficient (Wildman–Crippen LogP) is 0.0689. The Hall–Kier alpha value is -1.56. The standard InChI is InChI=1S/C11H18N4O2/c1-8-6-15(14-11(8)12)7-10(16)13-9-2-4-17-5-3-9/h6,9H,2-5,7H2,1H3,(H2,12,14)(H,13,16). The van der Waals surface area contributed by atoms with E-state index in [1.54, 1.807) is 10.9 Å². The summed E-state index contributed by atoms with van der Waals surface area (Å²) in [5.41, 5.74) is 6.51. The molecule has 1 aliphatic rings. The van der Waals surface area contributed by atoms with Gasteiger partial charge in [-0.05, 0) is 19.8 Å². The molecule has 0 aliphatic carbocycles. The maximum Gasteiger partial charge on any atom is 0.241 e. The Morgan fingerprint density at radius 1 is 1.65 bits per heavy atom. The van der Waals surface area contributed by atoms with Crippen LogP contribution in [0.15, 0.2) is 6.20 Å². The van der Waals surface area contributed by atoms with Crippen LogP contribution in [0.3, 0.4) is 0 Å². The van der Waals surface area contributed by atoms with E-state index in [4.69, 9.17) is 10.5 Å². The molecule has 1 amide bonds. The smallest absolute Gasteiger partial charge is 0.241 e. The summed E-state index contributed by atoms with van der Waals surface area (Å²) < 4.78 is 6.80. The van der Waals surface area contributed by atoms with Crippen molar-refractivity contribution in [2.75, 3.05) is 18.9 Å². The van der Waals surface area contributed by atoms with Gasteiger partial charge in [-0.2, -0.15) is 5.10 Å². The van der Waals surface area contributed by atoms with Crippen LogP contribution < -0.4 is 11.1 Å². The number of aryl methyl sites for hydroxylation is 1. The van der Waals surface area contributed by atoms with Crippen molar-refractivity contribution in [3.05, 3.63) is 11.8 Å². The largest absolute Gasteiger partial charge is 0.382 e. The lowest BCUT2D eigenvalue weighted by Gasteiger charge is -2.23. The summed E-state index contributed by atoms with van der Waals surface area (Å²) in [4.78, 5) is 11.7. The van der Waals surface area contributed by atoms with Crippen molar-refractivity contribution in [1.29, 1.82) is 0 Å². The van der Waals surface area contributed by atoms with Crippen LogP contribution in [0.25, 0.3) is 0 Å². The number of amides is 1. The van der Waals surface area contributed by atoms with Gasteiger partial charge in [0.05, 0.1) is 0 Å². The molecule has 0 atom stereocenters. The Bertz CT molecular complexity index is 377. The van der Waals surface area contributed by atoms with E-state index in [1.807, 2.05) is 6.92 Å². The zero-order chi connectivity index (χ0) is 12.3. The normalized spacial score (nSPS) is 17.0. The van der Waals surface area contributed by atoms with E-state index in [2.05, 4.69) is 10.4 Å². The molecule has 1 aromatic heterocycles. The van der Waals surface area contributed by atoms with Crippen molar-refractivity contribution in [3.8, 4) is 0 Å². The van der Waals surface area contributed by atoms with Gasteiger partial charge in [-0.3, -0.25) is 9.48 Å². The Morgan fingerprint density at radius 3 is 2.94 bits per heavy atom. The third kappa shape index (κ3) is 3.20. The first-order chi connectivity index (χ1) is 8.15. The van der Waals surface area contributed by atoms with Crippen molar-refractivity contribution in [1.82, 2.24) is 15.1 Å². The number of carbonyl (C=O) groups is 1. The Morgan fingerprint density at radius 2 is 2.35 bits per heavy atom. The maximum atomic E-state index is 11.7. The minimum absolute atomic E-state index is 0.0283. The molecule has 0 aromatic carbocycles. The average Bonchev–Trinajstić information content (AvgIpc) is 2.59. The molecule has 1 aliphatic heterocycles. The molecule has 0 radical (unpaired) electrons. The molecule has 0 saturated carbocycles. The molecule has 0 unspecified atom stereocenters. The summed E-state index contributed by atoms with van der Waals surface area (Å²) in [6.07, 6.45) is 3.54.